The van der Waals surface area contributed by atoms with Gasteiger partial charge in [-0.1, -0.05) is 51.9 Å². The third-order valence-electron chi connectivity index (χ3n) is 5.51. The number of hydrogen-bond acceptors (Lipinski definition) is 4. The monoisotopic (exact) mass is 468 g/mol. The first-order valence-corrected chi connectivity index (χ1v) is 12.7. The van der Waals surface area contributed by atoms with Crippen molar-refractivity contribution in [2.45, 2.75) is 72.1 Å². The number of carbonyl (C=O) groups excluding carboxylic acids is 2. The van der Waals surface area contributed by atoms with E-state index in [2.05, 4.69) is 17.6 Å². The van der Waals surface area contributed by atoms with Gasteiger partial charge in [0.1, 0.15) is 11.5 Å². The molecule has 0 aromatic heterocycles. The zero-order chi connectivity index (χ0) is 24.6. The largest absolute Gasteiger partial charge is 0.494 e. The highest BCUT2D eigenvalue weighted by Crippen LogP contribution is 2.27. The zero-order valence-electron chi connectivity index (χ0n) is 21.0. The lowest BCUT2D eigenvalue weighted by molar-refractivity contribution is 0.0954. The van der Waals surface area contributed by atoms with E-state index in [-0.39, 0.29) is 11.8 Å². The van der Waals surface area contributed by atoms with Gasteiger partial charge < -0.3 is 20.1 Å². The third kappa shape index (κ3) is 9.46. The summed E-state index contributed by atoms with van der Waals surface area (Å²) in [5.74, 6) is 0.810. The van der Waals surface area contributed by atoms with Gasteiger partial charge >= 0.3 is 0 Å². The Hall–Kier alpha value is -3.02. The van der Waals surface area contributed by atoms with Gasteiger partial charge in [0.2, 0.25) is 0 Å². The van der Waals surface area contributed by atoms with Gasteiger partial charge in [-0.2, -0.15) is 0 Å². The van der Waals surface area contributed by atoms with Gasteiger partial charge in [0.25, 0.3) is 11.8 Å². The second kappa shape index (κ2) is 15.8. The van der Waals surface area contributed by atoms with Crippen molar-refractivity contribution >= 4 is 17.5 Å². The quantitative estimate of drug-likeness (QED) is 0.272. The normalized spacial score (nSPS) is 10.6. The van der Waals surface area contributed by atoms with Crippen molar-refractivity contribution in [3.8, 4) is 11.5 Å². The summed E-state index contributed by atoms with van der Waals surface area (Å²) in [6.45, 7) is 7.64. The standard InChI is InChI=1S/C28H40N2O4/c1-4-7-8-9-10-11-12-13-20-34-24-17-14-22(15-18-24)28(32)30-25-21-23(27(31)29-5-2)16-19-26(25)33-6-3/h14-19,21H,4-13,20H2,1-3H3,(H,29,31)(H,30,32). The lowest BCUT2D eigenvalue weighted by atomic mass is 10.1. The van der Waals surface area contributed by atoms with Crippen molar-refractivity contribution in [3.05, 3.63) is 53.6 Å². The minimum absolute atomic E-state index is 0.195. The van der Waals surface area contributed by atoms with Crippen LogP contribution >= 0.6 is 0 Å². The van der Waals surface area contributed by atoms with Gasteiger partial charge in [-0.05, 0) is 62.7 Å². The highest BCUT2D eigenvalue weighted by atomic mass is 16.5. The number of unbranched alkanes of at least 4 members (excludes halogenated alkanes) is 7. The minimum atomic E-state index is -0.274. The summed E-state index contributed by atoms with van der Waals surface area (Å²) in [7, 11) is 0. The molecule has 2 aromatic rings. The molecular weight excluding hydrogens is 428 g/mol. The Kier molecular flexibility index (Phi) is 12.6. The molecule has 2 aromatic carbocycles. The van der Waals surface area contributed by atoms with Crippen LogP contribution in [-0.2, 0) is 0 Å². The molecule has 6 nitrogen and oxygen atoms in total. The first-order chi connectivity index (χ1) is 16.6. The zero-order valence-corrected chi connectivity index (χ0v) is 21.0. The Bertz CT molecular complexity index is 880. The maximum absolute atomic E-state index is 12.8. The maximum atomic E-state index is 12.8. The molecule has 34 heavy (non-hydrogen) atoms. The van der Waals surface area contributed by atoms with Crippen LogP contribution in [0.25, 0.3) is 0 Å². The Labute approximate surface area is 204 Å². The number of anilines is 1. The van der Waals surface area contributed by atoms with Gasteiger partial charge in [0.15, 0.2) is 0 Å². The molecule has 0 unspecified atom stereocenters. The van der Waals surface area contributed by atoms with E-state index in [4.69, 9.17) is 9.47 Å². The molecule has 0 fully saturated rings. The number of hydrogen-bond donors (Lipinski definition) is 2. The first kappa shape index (κ1) is 27.2. The fourth-order valence-corrected chi connectivity index (χ4v) is 3.64. The maximum Gasteiger partial charge on any atom is 0.255 e. The number of rotatable bonds is 16. The van der Waals surface area contributed by atoms with Crippen molar-refractivity contribution < 1.29 is 19.1 Å². The molecule has 0 aliphatic rings. The average Bonchev–Trinajstić information content (AvgIpc) is 2.84. The van der Waals surface area contributed by atoms with Gasteiger partial charge in [-0.25, -0.2) is 0 Å². The smallest absolute Gasteiger partial charge is 0.255 e. The summed E-state index contributed by atoms with van der Waals surface area (Å²) in [5.41, 5.74) is 1.43. The summed E-state index contributed by atoms with van der Waals surface area (Å²) in [5, 5.41) is 5.63. The van der Waals surface area contributed by atoms with Gasteiger partial charge in [0.05, 0.1) is 18.9 Å². The molecule has 0 aliphatic heterocycles. The number of ether oxygens (including phenoxy) is 2. The SMILES string of the molecule is CCCCCCCCCCOc1ccc(C(=O)Nc2cc(C(=O)NCC)ccc2OCC)cc1. The molecule has 2 rings (SSSR count). The van der Waals surface area contributed by atoms with E-state index in [0.717, 1.165) is 12.2 Å². The van der Waals surface area contributed by atoms with Crippen LogP contribution in [0.2, 0.25) is 0 Å². The molecule has 0 heterocycles. The van der Waals surface area contributed by atoms with Crippen LogP contribution in [-0.4, -0.2) is 31.6 Å². The van der Waals surface area contributed by atoms with Gasteiger partial charge in [-0.3, -0.25) is 9.59 Å². The Morgan fingerprint density at radius 3 is 2.03 bits per heavy atom. The fraction of sp³-hybridized carbons (Fsp3) is 0.500. The second-order valence-corrected chi connectivity index (χ2v) is 8.31. The Balaban J connectivity index is 1.86. The van der Waals surface area contributed by atoms with Crippen LogP contribution in [0.3, 0.4) is 0 Å². The van der Waals surface area contributed by atoms with E-state index in [1.54, 1.807) is 30.3 Å². The van der Waals surface area contributed by atoms with Crippen LogP contribution in [0.1, 0.15) is 92.9 Å². The van der Waals surface area contributed by atoms with E-state index in [9.17, 15) is 9.59 Å². The molecule has 186 valence electrons. The molecule has 0 saturated carbocycles. The van der Waals surface area contributed by atoms with Crippen LogP contribution in [0, 0.1) is 0 Å². The Morgan fingerprint density at radius 2 is 1.38 bits per heavy atom. The van der Waals surface area contributed by atoms with Gasteiger partial charge in [0, 0.05) is 17.7 Å². The molecule has 2 amide bonds. The Morgan fingerprint density at radius 1 is 0.735 bits per heavy atom. The van der Waals surface area contributed by atoms with E-state index < -0.39 is 0 Å². The molecular formula is C28H40N2O4. The summed E-state index contributed by atoms with van der Waals surface area (Å²) >= 11 is 0. The predicted octanol–water partition coefficient (Wildman–Crippen LogP) is 6.61. The van der Waals surface area contributed by atoms with E-state index >= 15 is 0 Å². The second-order valence-electron chi connectivity index (χ2n) is 8.31. The van der Waals surface area contributed by atoms with Crippen molar-refractivity contribution in [3.63, 3.8) is 0 Å². The van der Waals surface area contributed by atoms with Crippen molar-refractivity contribution in [1.82, 2.24) is 5.32 Å². The number of amides is 2. The molecule has 6 heteroatoms. The van der Waals surface area contributed by atoms with E-state index in [1.807, 2.05) is 26.0 Å². The summed E-state index contributed by atoms with van der Waals surface area (Å²) in [6.07, 6.45) is 10.1. The highest BCUT2D eigenvalue weighted by Gasteiger charge is 2.14. The summed E-state index contributed by atoms with van der Waals surface area (Å²) in [6, 6.07) is 12.1. The number of carbonyl (C=O) groups is 2. The summed E-state index contributed by atoms with van der Waals surface area (Å²) < 4.78 is 11.4. The van der Waals surface area contributed by atoms with Crippen LogP contribution < -0.4 is 20.1 Å². The fourth-order valence-electron chi connectivity index (χ4n) is 3.64. The minimum Gasteiger partial charge on any atom is -0.494 e. The molecule has 0 spiro atoms. The van der Waals surface area contributed by atoms with Crippen LogP contribution in [0.4, 0.5) is 5.69 Å². The molecule has 0 radical (unpaired) electrons. The van der Waals surface area contributed by atoms with Crippen LogP contribution in [0.15, 0.2) is 42.5 Å². The topological polar surface area (TPSA) is 76.7 Å². The van der Waals surface area contributed by atoms with Crippen molar-refractivity contribution in [2.24, 2.45) is 0 Å². The average molecular weight is 469 g/mol. The van der Waals surface area contributed by atoms with Crippen molar-refractivity contribution in [2.75, 3.05) is 25.1 Å². The number of nitrogens with one attached hydrogen (secondary N) is 2. The molecule has 0 bridgehead atoms. The predicted molar refractivity (Wildman–Crippen MR) is 138 cm³/mol. The molecule has 2 N–H and O–H groups in total. The highest BCUT2D eigenvalue weighted by molar-refractivity contribution is 6.06. The molecule has 0 atom stereocenters. The van der Waals surface area contributed by atoms with Crippen molar-refractivity contribution in [1.29, 1.82) is 0 Å². The van der Waals surface area contributed by atoms with E-state index in [1.165, 1.54) is 44.9 Å². The lowest BCUT2D eigenvalue weighted by Crippen LogP contribution is -2.23. The van der Waals surface area contributed by atoms with Gasteiger partial charge in [-0.15, -0.1) is 0 Å². The first-order valence-electron chi connectivity index (χ1n) is 12.7. The number of benzene rings is 2. The van der Waals surface area contributed by atoms with E-state index in [0.29, 0.717) is 42.3 Å². The molecule has 0 saturated heterocycles. The molecule has 0 aliphatic carbocycles. The lowest BCUT2D eigenvalue weighted by Gasteiger charge is -2.13. The summed E-state index contributed by atoms with van der Waals surface area (Å²) in [4.78, 5) is 25.0. The van der Waals surface area contributed by atoms with Crippen LogP contribution in [0.5, 0.6) is 11.5 Å². The third-order valence-corrected chi connectivity index (χ3v) is 5.51.